The van der Waals surface area contributed by atoms with E-state index in [0.717, 1.165) is 43.5 Å². The number of hydrogen-bond donors (Lipinski definition) is 1. The minimum Gasteiger partial charge on any atom is -0.357 e. The van der Waals surface area contributed by atoms with Gasteiger partial charge in [0, 0.05) is 32.6 Å². The minimum absolute atomic E-state index is 0.157. The summed E-state index contributed by atoms with van der Waals surface area (Å²) in [7, 11) is -3.07. The molecule has 0 spiro atoms. The van der Waals surface area contributed by atoms with Crippen LogP contribution in [-0.2, 0) is 29.3 Å². The molecule has 146 valence electrons. The molecule has 0 aromatic carbocycles. The molecule has 9 heteroatoms. The highest BCUT2D eigenvalue weighted by atomic mass is 32.2. The van der Waals surface area contributed by atoms with Crippen molar-refractivity contribution in [1.29, 1.82) is 0 Å². The van der Waals surface area contributed by atoms with Gasteiger partial charge in [-0.3, -0.25) is 0 Å². The molecule has 0 bridgehead atoms. The van der Waals surface area contributed by atoms with E-state index in [2.05, 4.69) is 20.1 Å². The van der Waals surface area contributed by atoms with Crippen molar-refractivity contribution in [1.82, 2.24) is 25.0 Å². The van der Waals surface area contributed by atoms with Gasteiger partial charge in [-0.25, -0.2) is 13.4 Å². The lowest BCUT2D eigenvalue weighted by molar-refractivity contribution is 0.353. The maximum Gasteiger partial charge on any atom is 0.194 e. The second kappa shape index (κ2) is 7.54. The van der Waals surface area contributed by atoms with Crippen LogP contribution >= 0.6 is 0 Å². The molecule has 0 saturated carbocycles. The number of nitrogens with one attached hydrogen (secondary N) is 1. The predicted molar refractivity (Wildman–Crippen MR) is 102 cm³/mol. The Labute approximate surface area is 156 Å². The van der Waals surface area contributed by atoms with Crippen LogP contribution in [0.2, 0.25) is 0 Å². The Morgan fingerprint density at radius 3 is 2.77 bits per heavy atom. The van der Waals surface area contributed by atoms with Gasteiger partial charge in [0.05, 0.1) is 10.5 Å². The molecular formula is C17H30N6O2S. The van der Waals surface area contributed by atoms with Crippen molar-refractivity contribution in [3.8, 4) is 0 Å². The molecule has 3 rings (SSSR count). The fourth-order valence-electron chi connectivity index (χ4n) is 3.56. The molecule has 26 heavy (non-hydrogen) atoms. The van der Waals surface area contributed by atoms with Crippen LogP contribution in [0.15, 0.2) is 4.99 Å². The summed E-state index contributed by atoms with van der Waals surface area (Å²) in [5.74, 6) is 2.86. The number of hydrogen-bond acceptors (Lipinski definition) is 5. The van der Waals surface area contributed by atoms with Crippen LogP contribution in [0.5, 0.6) is 0 Å². The molecule has 8 nitrogen and oxygen atoms in total. The molecule has 1 saturated heterocycles. The second-order valence-corrected chi connectivity index (χ2v) is 10.4. The van der Waals surface area contributed by atoms with E-state index in [-0.39, 0.29) is 5.75 Å². The highest BCUT2D eigenvalue weighted by molar-refractivity contribution is 7.92. The highest BCUT2D eigenvalue weighted by Crippen LogP contribution is 2.24. The average Bonchev–Trinajstić information content (AvgIpc) is 2.81. The minimum atomic E-state index is -3.07. The fraction of sp³-hybridized carbons (Fsp3) is 0.824. The summed E-state index contributed by atoms with van der Waals surface area (Å²) in [4.78, 5) is 6.79. The van der Waals surface area contributed by atoms with Crippen LogP contribution in [0.25, 0.3) is 0 Å². The predicted octanol–water partition coefficient (Wildman–Crippen LogP) is 0.979. The smallest absolute Gasteiger partial charge is 0.194 e. The van der Waals surface area contributed by atoms with Gasteiger partial charge in [-0.2, -0.15) is 0 Å². The lowest BCUT2D eigenvalue weighted by Crippen LogP contribution is -2.57. The van der Waals surface area contributed by atoms with Crippen molar-refractivity contribution in [2.45, 2.75) is 64.3 Å². The Morgan fingerprint density at radius 2 is 2.04 bits per heavy atom. The second-order valence-electron chi connectivity index (χ2n) is 7.67. The van der Waals surface area contributed by atoms with E-state index in [0.29, 0.717) is 19.6 Å². The molecule has 1 aromatic heterocycles. The third kappa shape index (κ3) is 3.87. The van der Waals surface area contributed by atoms with E-state index in [1.807, 2.05) is 11.8 Å². The third-order valence-electron chi connectivity index (χ3n) is 5.23. The van der Waals surface area contributed by atoms with Crippen LogP contribution in [0.4, 0.5) is 0 Å². The number of nitrogens with zero attached hydrogens (tertiary/aromatic N) is 5. The van der Waals surface area contributed by atoms with Crippen molar-refractivity contribution in [2.24, 2.45) is 4.99 Å². The largest absolute Gasteiger partial charge is 0.357 e. The Morgan fingerprint density at radius 1 is 1.23 bits per heavy atom. The number of aryl methyl sites for hydroxylation is 1. The molecule has 0 atom stereocenters. The summed E-state index contributed by atoms with van der Waals surface area (Å²) < 4.78 is 25.9. The molecule has 0 aliphatic carbocycles. The quantitative estimate of drug-likeness (QED) is 0.619. The van der Waals surface area contributed by atoms with Crippen LogP contribution in [0.1, 0.15) is 51.7 Å². The van der Waals surface area contributed by atoms with Gasteiger partial charge in [0.1, 0.15) is 12.4 Å². The number of guanidine groups is 1. The van der Waals surface area contributed by atoms with Gasteiger partial charge in [0.15, 0.2) is 21.6 Å². The summed E-state index contributed by atoms with van der Waals surface area (Å²) in [6, 6.07) is 0. The van der Waals surface area contributed by atoms with Crippen LogP contribution in [-0.4, -0.2) is 64.2 Å². The first-order valence-electron chi connectivity index (χ1n) is 9.50. The number of fused-ring (bicyclic) bond motifs is 1. The Hall–Kier alpha value is -1.64. The van der Waals surface area contributed by atoms with Crippen LogP contribution < -0.4 is 5.32 Å². The number of sulfone groups is 1. The third-order valence-corrected chi connectivity index (χ3v) is 7.77. The molecule has 1 aromatic rings. The first-order chi connectivity index (χ1) is 12.3. The summed E-state index contributed by atoms with van der Waals surface area (Å²) in [6.07, 6.45) is 4.53. The highest BCUT2D eigenvalue weighted by Gasteiger charge is 2.41. The van der Waals surface area contributed by atoms with Gasteiger partial charge in [-0.05, 0) is 33.6 Å². The first kappa shape index (κ1) is 19.1. The van der Waals surface area contributed by atoms with Crippen molar-refractivity contribution in [2.75, 3.05) is 25.4 Å². The Bertz CT molecular complexity index is 768. The number of aliphatic imine (C=N–C) groups is 1. The molecule has 0 amide bonds. The van der Waals surface area contributed by atoms with Crippen LogP contribution in [0, 0.1) is 0 Å². The van der Waals surface area contributed by atoms with E-state index in [1.165, 1.54) is 12.8 Å². The summed E-state index contributed by atoms with van der Waals surface area (Å²) in [5, 5.41) is 12.0. The zero-order valence-corrected chi connectivity index (χ0v) is 16.8. The molecule has 1 fully saturated rings. The van der Waals surface area contributed by atoms with Crippen LogP contribution in [0.3, 0.4) is 0 Å². The van der Waals surface area contributed by atoms with Gasteiger partial charge in [0.2, 0.25) is 0 Å². The molecule has 2 aliphatic heterocycles. The molecule has 0 radical (unpaired) electrons. The Balaban J connectivity index is 1.77. The van der Waals surface area contributed by atoms with E-state index in [4.69, 9.17) is 4.99 Å². The van der Waals surface area contributed by atoms with Crippen molar-refractivity contribution in [3.63, 3.8) is 0 Å². The topological polar surface area (TPSA) is 92.5 Å². The van der Waals surface area contributed by atoms with Gasteiger partial charge < -0.3 is 14.8 Å². The van der Waals surface area contributed by atoms with E-state index in [9.17, 15) is 8.42 Å². The van der Waals surface area contributed by atoms with E-state index < -0.39 is 14.6 Å². The summed E-state index contributed by atoms with van der Waals surface area (Å²) >= 11 is 0. The summed E-state index contributed by atoms with van der Waals surface area (Å²) in [5.41, 5.74) is 0. The zero-order chi connectivity index (χ0) is 18.8. The molecule has 2 aliphatic rings. The van der Waals surface area contributed by atoms with Gasteiger partial charge in [-0.15, -0.1) is 10.2 Å². The first-order valence-corrected chi connectivity index (χ1v) is 11.2. The average molecular weight is 383 g/mol. The standard InChI is InChI=1S/C17H30N6O2S/c1-4-18-16(22-10-11-26(24,25)17(2,3)13-22)19-12-15-21-20-14-8-6-5-7-9-23(14)15/h4-13H2,1-3H3,(H,18,19). The van der Waals surface area contributed by atoms with E-state index >= 15 is 0 Å². The maximum absolute atomic E-state index is 12.3. The monoisotopic (exact) mass is 382 g/mol. The lowest BCUT2D eigenvalue weighted by atomic mass is 10.2. The zero-order valence-electron chi connectivity index (χ0n) is 16.0. The van der Waals surface area contributed by atoms with E-state index in [1.54, 1.807) is 13.8 Å². The van der Waals surface area contributed by atoms with Crippen molar-refractivity contribution in [3.05, 3.63) is 11.6 Å². The fourth-order valence-corrected chi connectivity index (χ4v) is 4.92. The molecule has 1 N–H and O–H groups in total. The van der Waals surface area contributed by atoms with Gasteiger partial charge in [0.25, 0.3) is 0 Å². The normalized spacial score (nSPS) is 22.6. The molecule has 0 unspecified atom stereocenters. The van der Waals surface area contributed by atoms with Gasteiger partial charge in [-0.1, -0.05) is 6.42 Å². The maximum atomic E-state index is 12.3. The molecular weight excluding hydrogens is 352 g/mol. The molecule has 3 heterocycles. The Kier molecular flexibility index (Phi) is 5.55. The van der Waals surface area contributed by atoms with Crippen molar-refractivity contribution >= 4 is 15.8 Å². The SMILES string of the molecule is CCNC(=NCc1nnc2n1CCCCC2)N1CCS(=O)(=O)C(C)(C)C1. The van der Waals surface area contributed by atoms with Gasteiger partial charge >= 0.3 is 0 Å². The van der Waals surface area contributed by atoms with Crippen molar-refractivity contribution < 1.29 is 8.42 Å². The number of rotatable bonds is 3. The lowest BCUT2D eigenvalue weighted by Gasteiger charge is -2.39. The number of aromatic nitrogens is 3. The summed E-state index contributed by atoms with van der Waals surface area (Å²) in [6.45, 7) is 8.66.